The Hall–Kier alpha value is -1.69. The quantitative estimate of drug-likeness (QED) is 0.892. The lowest BCUT2D eigenvalue weighted by atomic mass is 9.80. The molecule has 2 unspecified atom stereocenters. The van der Waals surface area contributed by atoms with Crippen molar-refractivity contribution >= 4 is 5.69 Å². The molecular weight excluding hydrogens is 236 g/mol. The lowest BCUT2D eigenvalue weighted by molar-refractivity contribution is 0.281. The van der Waals surface area contributed by atoms with E-state index in [0.29, 0.717) is 6.04 Å². The maximum atomic E-state index is 8.46. The average molecular weight is 258 g/mol. The van der Waals surface area contributed by atoms with Crippen LogP contribution in [0.4, 0.5) is 5.69 Å². The molecule has 0 radical (unpaired) electrons. The molecule has 0 bridgehead atoms. The summed E-state index contributed by atoms with van der Waals surface area (Å²) in [5, 5.41) is 12.1. The van der Waals surface area contributed by atoms with E-state index in [2.05, 4.69) is 19.2 Å². The van der Waals surface area contributed by atoms with Gasteiger partial charge in [0.05, 0.1) is 0 Å². The number of rotatable bonds is 4. The number of benzene rings is 1. The highest BCUT2D eigenvalue weighted by Crippen LogP contribution is 2.30. The Labute approximate surface area is 115 Å². The van der Waals surface area contributed by atoms with Crippen molar-refractivity contribution in [3.8, 4) is 11.8 Å². The highest BCUT2D eigenvalue weighted by Gasteiger charge is 2.23. The zero-order valence-electron chi connectivity index (χ0n) is 11.7. The topological polar surface area (TPSA) is 45.0 Å². The van der Waals surface area contributed by atoms with Crippen LogP contribution in [0.5, 0.6) is 5.75 Å². The number of ether oxygens (including phenoxy) is 1. The van der Waals surface area contributed by atoms with Gasteiger partial charge in [-0.1, -0.05) is 13.8 Å². The monoisotopic (exact) mass is 258 g/mol. The van der Waals surface area contributed by atoms with Crippen molar-refractivity contribution in [3.05, 3.63) is 24.3 Å². The van der Waals surface area contributed by atoms with Gasteiger partial charge in [0.25, 0.3) is 0 Å². The van der Waals surface area contributed by atoms with Crippen molar-refractivity contribution in [3.63, 3.8) is 0 Å². The fraction of sp³-hybridized carbons (Fsp3) is 0.562. The van der Waals surface area contributed by atoms with Gasteiger partial charge >= 0.3 is 0 Å². The maximum Gasteiger partial charge on any atom is 0.174 e. The summed E-state index contributed by atoms with van der Waals surface area (Å²) in [7, 11) is 0. The van der Waals surface area contributed by atoms with E-state index in [4.69, 9.17) is 10.00 Å². The second-order valence-corrected chi connectivity index (χ2v) is 5.73. The van der Waals surface area contributed by atoms with Gasteiger partial charge in [0.1, 0.15) is 11.8 Å². The van der Waals surface area contributed by atoms with E-state index in [-0.39, 0.29) is 6.61 Å². The van der Waals surface area contributed by atoms with Crippen molar-refractivity contribution < 1.29 is 4.74 Å². The molecule has 0 aliphatic heterocycles. The van der Waals surface area contributed by atoms with Crippen LogP contribution in [-0.2, 0) is 0 Å². The molecule has 1 aromatic carbocycles. The van der Waals surface area contributed by atoms with Crippen LogP contribution in [0.25, 0.3) is 0 Å². The number of nitrogens with one attached hydrogen (secondary N) is 1. The molecule has 102 valence electrons. The molecule has 0 heterocycles. The van der Waals surface area contributed by atoms with Crippen molar-refractivity contribution in [2.75, 3.05) is 11.9 Å². The predicted octanol–water partition coefficient (Wildman–Crippen LogP) is 3.83. The van der Waals surface area contributed by atoms with E-state index in [1.54, 1.807) is 0 Å². The van der Waals surface area contributed by atoms with Gasteiger partial charge in [-0.3, -0.25) is 0 Å². The molecule has 2 rings (SSSR count). The molecule has 3 heteroatoms. The molecule has 1 N–H and O–H groups in total. The van der Waals surface area contributed by atoms with E-state index >= 15 is 0 Å². The SMILES string of the molecule is CC1CC(C)CC(Nc2ccc(OCC#N)cc2)C1. The fourth-order valence-electron chi connectivity index (χ4n) is 3.06. The molecule has 3 nitrogen and oxygen atoms in total. The lowest BCUT2D eigenvalue weighted by Crippen LogP contribution is -2.30. The second-order valence-electron chi connectivity index (χ2n) is 5.73. The number of nitrogens with zero attached hydrogens (tertiary/aromatic N) is 1. The predicted molar refractivity (Wildman–Crippen MR) is 77.1 cm³/mol. The summed E-state index contributed by atoms with van der Waals surface area (Å²) in [6, 6.07) is 10.4. The molecule has 19 heavy (non-hydrogen) atoms. The zero-order valence-corrected chi connectivity index (χ0v) is 11.7. The van der Waals surface area contributed by atoms with Crippen LogP contribution < -0.4 is 10.1 Å². The Morgan fingerprint density at radius 2 is 1.79 bits per heavy atom. The van der Waals surface area contributed by atoms with Gasteiger partial charge in [0.2, 0.25) is 0 Å². The Bertz CT molecular complexity index is 425. The molecule has 1 aliphatic rings. The number of anilines is 1. The first-order valence-electron chi connectivity index (χ1n) is 7.03. The van der Waals surface area contributed by atoms with Crippen LogP contribution >= 0.6 is 0 Å². The molecular formula is C16H22N2O. The third-order valence-electron chi connectivity index (χ3n) is 3.71. The smallest absolute Gasteiger partial charge is 0.174 e. The summed E-state index contributed by atoms with van der Waals surface area (Å²) in [5.74, 6) is 2.36. The fourth-order valence-corrected chi connectivity index (χ4v) is 3.06. The Morgan fingerprint density at radius 3 is 2.37 bits per heavy atom. The summed E-state index contributed by atoms with van der Waals surface area (Å²) in [5.41, 5.74) is 1.13. The van der Waals surface area contributed by atoms with Crippen LogP contribution in [0.15, 0.2) is 24.3 Å². The van der Waals surface area contributed by atoms with Gasteiger partial charge in [-0.2, -0.15) is 5.26 Å². The van der Waals surface area contributed by atoms with Crippen LogP contribution in [0.3, 0.4) is 0 Å². The van der Waals surface area contributed by atoms with Gasteiger partial charge in [0, 0.05) is 11.7 Å². The van der Waals surface area contributed by atoms with E-state index in [9.17, 15) is 0 Å². The zero-order chi connectivity index (χ0) is 13.7. The van der Waals surface area contributed by atoms with E-state index in [1.807, 2.05) is 30.3 Å². The summed E-state index contributed by atoms with van der Waals surface area (Å²) >= 11 is 0. The lowest BCUT2D eigenvalue weighted by Gasteiger charge is -2.32. The molecule has 1 saturated carbocycles. The number of hydrogen-bond acceptors (Lipinski definition) is 3. The minimum atomic E-state index is 0.102. The van der Waals surface area contributed by atoms with Crippen molar-refractivity contribution in [1.82, 2.24) is 0 Å². The van der Waals surface area contributed by atoms with E-state index in [1.165, 1.54) is 19.3 Å². The molecule has 1 fully saturated rings. The highest BCUT2D eigenvalue weighted by molar-refractivity contribution is 5.47. The summed E-state index contributed by atoms with van der Waals surface area (Å²) in [4.78, 5) is 0. The van der Waals surface area contributed by atoms with Crippen molar-refractivity contribution in [2.24, 2.45) is 11.8 Å². The third-order valence-corrected chi connectivity index (χ3v) is 3.71. The number of hydrogen-bond donors (Lipinski definition) is 1. The first-order valence-corrected chi connectivity index (χ1v) is 7.03. The van der Waals surface area contributed by atoms with Crippen LogP contribution in [0, 0.1) is 23.2 Å². The first-order chi connectivity index (χ1) is 9.17. The molecule has 2 atom stereocenters. The van der Waals surface area contributed by atoms with Gasteiger partial charge in [-0.05, 0) is 55.4 Å². The Morgan fingerprint density at radius 1 is 1.16 bits per heavy atom. The molecule has 0 amide bonds. The second kappa shape index (κ2) is 6.47. The van der Waals surface area contributed by atoms with Crippen LogP contribution in [0.2, 0.25) is 0 Å². The van der Waals surface area contributed by atoms with Gasteiger partial charge in [0.15, 0.2) is 6.61 Å². The third kappa shape index (κ3) is 4.17. The van der Waals surface area contributed by atoms with Crippen molar-refractivity contribution in [1.29, 1.82) is 5.26 Å². The average Bonchev–Trinajstić information content (AvgIpc) is 2.37. The maximum absolute atomic E-state index is 8.46. The Kier molecular flexibility index (Phi) is 4.68. The summed E-state index contributed by atoms with van der Waals surface area (Å²) in [6.45, 7) is 4.77. The summed E-state index contributed by atoms with van der Waals surface area (Å²) < 4.78 is 5.25. The normalized spacial score (nSPS) is 26.5. The van der Waals surface area contributed by atoms with E-state index in [0.717, 1.165) is 23.3 Å². The minimum Gasteiger partial charge on any atom is -0.479 e. The first kappa shape index (κ1) is 13.7. The Balaban J connectivity index is 1.90. The van der Waals surface area contributed by atoms with Crippen LogP contribution in [0.1, 0.15) is 33.1 Å². The number of nitriles is 1. The van der Waals surface area contributed by atoms with E-state index < -0.39 is 0 Å². The van der Waals surface area contributed by atoms with Crippen LogP contribution in [-0.4, -0.2) is 12.6 Å². The molecule has 1 aliphatic carbocycles. The molecule has 0 aromatic heterocycles. The van der Waals surface area contributed by atoms with Gasteiger partial charge in [-0.15, -0.1) is 0 Å². The molecule has 0 saturated heterocycles. The molecule has 1 aromatic rings. The van der Waals surface area contributed by atoms with Gasteiger partial charge < -0.3 is 10.1 Å². The van der Waals surface area contributed by atoms with Gasteiger partial charge in [-0.25, -0.2) is 0 Å². The minimum absolute atomic E-state index is 0.102. The molecule has 0 spiro atoms. The largest absolute Gasteiger partial charge is 0.479 e. The van der Waals surface area contributed by atoms with Crippen molar-refractivity contribution in [2.45, 2.75) is 39.2 Å². The highest BCUT2D eigenvalue weighted by atomic mass is 16.5. The summed E-state index contributed by atoms with van der Waals surface area (Å²) in [6.07, 6.45) is 3.84. The standard InChI is InChI=1S/C16H22N2O/c1-12-9-13(2)11-15(10-12)18-14-3-5-16(6-4-14)19-8-7-17/h3-6,12-13,15,18H,8-11H2,1-2H3.